The Labute approximate surface area is 206 Å². The van der Waals surface area contributed by atoms with Crippen molar-refractivity contribution < 1.29 is 14.4 Å². The number of hydrogen-bond acceptors (Lipinski definition) is 8. The molecule has 0 aliphatic heterocycles. The number of rotatable bonds is 6. The number of nitrogens with zero attached hydrogens (tertiary/aromatic N) is 6. The first kappa shape index (κ1) is 24.4. The van der Waals surface area contributed by atoms with Crippen molar-refractivity contribution in [2.24, 2.45) is 14.1 Å². The van der Waals surface area contributed by atoms with Gasteiger partial charge in [0.2, 0.25) is 5.75 Å². The Morgan fingerprint density at radius 2 is 1.97 bits per heavy atom. The second-order valence-corrected chi connectivity index (χ2v) is 8.57. The van der Waals surface area contributed by atoms with E-state index in [1.54, 1.807) is 16.8 Å². The molecule has 0 bridgehead atoms. The summed E-state index contributed by atoms with van der Waals surface area (Å²) in [5.74, 6) is -2.23. The molecule has 0 aliphatic carbocycles. The molecule has 0 saturated heterocycles. The van der Waals surface area contributed by atoms with E-state index in [1.807, 2.05) is 40.0 Å². The lowest BCUT2D eigenvalue weighted by molar-refractivity contribution is 0.101. The van der Waals surface area contributed by atoms with Crippen LogP contribution in [-0.2, 0) is 14.1 Å². The van der Waals surface area contributed by atoms with Crippen LogP contribution in [0.1, 0.15) is 63.2 Å². The van der Waals surface area contributed by atoms with Crippen molar-refractivity contribution in [3.05, 3.63) is 86.7 Å². The van der Waals surface area contributed by atoms with Crippen LogP contribution in [0.15, 0.2) is 46.0 Å². The number of aromatic nitrogens is 5. The van der Waals surface area contributed by atoms with Crippen molar-refractivity contribution in [3.8, 4) is 11.8 Å². The van der Waals surface area contributed by atoms with Crippen LogP contribution in [-0.4, -0.2) is 35.5 Å². The molecule has 2 N–H and O–H groups in total. The van der Waals surface area contributed by atoms with Gasteiger partial charge in [0.25, 0.3) is 11.5 Å². The van der Waals surface area contributed by atoms with E-state index in [9.17, 15) is 20.0 Å². The number of aryl methyl sites for hydroxylation is 2. The summed E-state index contributed by atoms with van der Waals surface area (Å²) in [6.07, 6.45) is 2.49. The normalized spacial score (nSPS) is 12.7. The molecular weight excluding hydrogens is 462 g/mol. The number of nitrogens with one attached hydrogen (secondary N) is 1. The fraction of sp³-hybridized carbons (Fsp3) is 0.280. The predicted octanol–water partition coefficient (Wildman–Crippen LogP) is 2.88. The fourth-order valence-electron chi connectivity index (χ4n) is 4.56. The van der Waals surface area contributed by atoms with Crippen LogP contribution in [0.25, 0.3) is 0 Å². The smallest absolute Gasteiger partial charge is 0.296 e. The summed E-state index contributed by atoms with van der Waals surface area (Å²) in [6.45, 7) is 5.69. The Bertz CT molecular complexity index is 1540. The van der Waals surface area contributed by atoms with Gasteiger partial charge in [0.15, 0.2) is 5.69 Å². The molecule has 1 amide bonds. The molecule has 4 aromatic rings. The minimum atomic E-state index is -0.787. The average molecular weight is 488 g/mol. The number of amides is 1. The highest BCUT2D eigenvalue weighted by Crippen LogP contribution is 2.41. The van der Waals surface area contributed by atoms with Crippen molar-refractivity contribution in [3.63, 3.8) is 0 Å². The highest BCUT2D eigenvalue weighted by atomic mass is 16.5. The van der Waals surface area contributed by atoms with Crippen LogP contribution >= 0.6 is 0 Å². The monoisotopic (exact) mass is 487 g/mol. The molecule has 0 fully saturated rings. The quantitative estimate of drug-likeness (QED) is 0.421. The lowest BCUT2D eigenvalue weighted by Crippen LogP contribution is -2.29. The van der Waals surface area contributed by atoms with Gasteiger partial charge in [-0.3, -0.25) is 18.8 Å². The molecule has 11 nitrogen and oxygen atoms in total. The fourth-order valence-corrected chi connectivity index (χ4v) is 4.56. The summed E-state index contributed by atoms with van der Waals surface area (Å²) in [5.41, 5.74) is 2.84. The number of hydrogen-bond donors (Lipinski definition) is 2. The van der Waals surface area contributed by atoms with E-state index in [-0.39, 0.29) is 11.5 Å². The van der Waals surface area contributed by atoms with Crippen LogP contribution in [0, 0.1) is 25.2 Å². The zero-order chi connectivity index (χ0) is 26.1. The summed E-state index contributed by atoms with van der Waals surface area (Å²) >= 11 is 0. The highest BCUT2D eigenvalue weighted by Gasteiger charge is 2.33. The van der Waals surface area contributed by atoms with Crippen LogP contribution in [0.5, 0.6) is 5.75 Å². The van der Waals surface area contributed by atoms with Crippen LogP contribution < -0.4 is 10.9 Å². The zero-order valence-corrected chi connectivity index (χ0v) is 20.5. The van der Waals surface area contributed by atoms with Crippen LogP contribution in [0.3, 0.4) is 0 Å². The largest absolute Gasteiger partial charge is 0.501 e. The topological polar surface area (TPSA) is 152 Å². The maximum absolute atomic E-state index is 13.0. The Morgan fingerprint density at radius 3 is 2.58 bits per heavy atom. The van der Waals surface area contributed by atoms with Crippen molar-refractivity contribution in [1.29, 1.82) is 5.26 Å². The first-order chi connectivity index (χ1) is 17.1. The molecule has 0 saturated carbocycles. The molecule has 0 spiro atoms. The van der Waals surface area contributed by atoms with E-state index in [0.29, 0.717) is 5.56 Å². The van der Waals surface area contributed by atoms with Crippen molar-refractivity contribution in [2.75, 3.05) is 5.32 Å². The maximum Gasteiger partial charge on any atom is 0.296 e. The number of nitriles is 1. The zero-order valence-electron chi connectivity index (χ0n) is 20.5. The molecule has 4 rings (SSSR count). The Hall–Kier alpha value is -4.72. The molecule has 3 aromatic heterocycles. The van der Waals surface area contributed by atoms with Crippen molar-refractivity contribution >= 4 is 11.6 Å². The molecule has 2 unspecified atom stereocenters. The molecule has 0 aliphatic rings. The number of aromatic hydroxyl groups is 1. The number of anilines is 1. The van der Waals surface area contributed by atoms with E-state index in [1.165, 1.54) is 24.1 Å². The predicted molar refractivity (Wildman–Crippen MR) is 130 cm³/mol. The first-order valence-electron chi connectivity index (χ1n) is 11.1. The maximum atomic E-state index is 13.0. The van der Waals surface area contributed by atoms with E-state index in [4.69, 9.17) is 4.52 Å². The third-order valence-corrected chi connectivity index (χ3v) is 6.41. The Kier molecular flexibility index (Phi) is 6.44. The first-order valence-corrected chi connectivity index (χ1v) is 11.1. The van der Waals surface area contributed by atoms with Crippen LogP contribution in [0.2, 0.25) is 0 Å². The summed E-state index contributed by atoms with van der Waals surface area (Å²) < 4.78 is 7.70. The van der Waals surface area contributed by atoms with Crippen molar-refractivity contribution in [1.82, 2.24) is 24.5 Å². The summed E-state index contributed by atoms with van der Waals surface area (Å²) in [6, 6.07) is 9.48. The Balaban J connectivity index is 1.92. The average Bonchev–Trinajstić information content (AvgIpc) is 3.46. The van der Waals surface area contributed by atoms with Gasteiger partial charge in [-0.2, -0.15) is 10.4 Å². The SMILES string of the molecule is Cc1nn(C)c(C)c1C(c1ccccc1C#N)C(C)c1nc(C(=O)Nc2cnoc2)c(O)c(=O)n1C. The summed E-state index contributed by atoms with van der Waals surface area (Å²) in [4.78, 5) is 30.3. The lowest BCUT2D eigenvalue weighted by atomic mass is 9.78. The molecule has 36 heavy (non-hydrogen) atoms. The van der Waals surface area contributed by atoms with E-state index in [2.05, 4.69) is 26.6 Å². The van der Waals surface area contributed by atoms with Gasteiger partial charge in [-0.15, -0.1) is 0 Å². The van der Waals surface area contributed by atoms with Gasteiger partial charge in [0, 0.05) is 37.2 Å². The lowest BCUT2D eigenvalue weighted by Gasteiger charge is -2.27. The molecular formula is C25H25N7O4. The van der Waals surface area contributed by atoms with Gasteiger partial charge in [0.1, 0.15) is 17.8 Å². The standard InChI is InChI=1S/C25H25N7O4/c1-13(19(18-9-7-6-8-16(18)10-26)20-14(2)30-32(5)15(20)3)23-29-21(22(33)25(35)31(23)4)24(34)28-17-11-27-36-12-17/h6-9,11-13,19,33H,1-5H3,(H,28,34). The molecule has 184 valence electrons. The summed E-state index contributed by atoms with van der Waals surface area (Å²) in [7, 11) is 3.32. The van der Waals surface area contributed by atoms with Gasteiger partial charge in [-0.1, -0.05) is 30.3 Å². The third kappa shape index (κ3) is 4.13. The second-order valence-electron chi connectivity index (χ2n) is 8.57. The van der Waals surface area contributed by atoms with E-state index < -0.39 is 34.7 Å². The molecule has 3 heterocycles. The van der Waals surface area contributed by atoms with Gasteiger partial charge in [-0.25, -0.2) is 4.98 Å². The van der Waals surface area contributed by atoms with Gasteiger partial charge >= 0.3 is 0 Å². The Morgan fingerprint density at radius 1 is 1.25 bits per heavy atom. The second kappa shape index (κ2) is 9.50. The van der Waals surface area contributed by atoms with Crippen molar-refractivity contribution in [2.45, 2.75) is 32.6 Å². The molecule has 2 atom stereocenters. The number of carbonyl (C=O) groups is 1. The molecule has 1 aromatic carbocycles. The molecule has 0 radical (unpaired) electrons. The number of carbonyl (C=O) groups excluding carboxylic acids is 1. The highest BCUT2D eigenvalue weighted by molar-refractivity contribution is 6.04. The third-order valence-electron chi connectivity index (χ3n) is 6.41. The summed E-state index contributed by atoms with van der Waals surface area (Å²) in [5, 5.41) is 30.9. The van der Waals surface area contributed by atoms with Crippen LogP contribution in [0.4, 0.5) is 5.69 Å². The van der Waals surface area contributed by atoms with Gasteiger partial charge in [0.05, 0.1) is 23.5 Å². The minimum Gasteiger partial charge on any atom is -0.501 e. The molecule has 11 heteroatoms. The van der Waals surface area contributed by atoms with E-state index in [0.717, 1.165) is 22.5 Å². The van der Waals surface area contributed by atoms with Gasteiger partial charge < -0.3 is 14.9 Å². The van der Waals surface area contributed by atoms with E-state index >= 15 is 0 Å². The minimum absolute atomic E-state index is 0.249. The number of benzene rings is 1. The van der Waals surface area contributed by atoms with Gasteiger partial charge in [-0.05, 0) is 25.5 Å².